The number of allylic oxidation sites excluding steroid dienone is 9. The van der Waals surface area contributed by atoms with Gasteiger partial charge in [0.15, 0.2) is 5.78 Å². The van der Waals surface area contributed by atoms with Crippen LogP contribution in [-0.4, -0.2) is 210 Å². The molecule has 0 aromatic carbocycles. The summed E-state index contributed by atoms with van der Waals surface area (Å²) in [5.41, 5.74) is 2.05. The SMILES string of the molecule is CCC(C)(C)C(=O)O[C@H]1C[C@@H](C)C=C2C=C[C@H](C)[C@H](CC[C@@H]3C[C@@H](O)CC(=O)O3)[C@H]21.CO[C@H]1C[C@@H]2CC[C@@H](C)[C@@](O)(O2)C(=O)C(=O)N2CCCC[C@H]2C(=O)O[C@H]([C@H](C)C[C@@H]2CC[C@@H](O)[C@H](OC)C2)CC(=O)[C@H](C)/C=C(\C)[C@@H](O)[C@@H](OC)C(=O)[C@H](C)C[C@H](C)/C=C/C=C/C=C/1C.O=P1(N(CCCl)CCCl)NCCCO1. The number of methoxy groups -OCH3 is 3. The van der Waals surface area contributed by atoms with Gasteiger partial charge in [0.1, 0.15) is 42.3 Å². The molecule has 23 nitrogen and oxygen atoms in total. The van der Waals surface area contributed by atoms with Gasteiger partial charge in [0.05, 0.1) is 49.0 Å². The molecule has 26 heteroatoms. The Morgan fingerprint density at radius 2 is 1.51 bits per heavy atom. The Labute approximate surface area is 659 Å². The number of rotatable bonds is 17. The van der Waals surface area contributed by atoms with Crippen molar-refractivity contribution in [1.29, 1.82) is 0 Å². The second-order valence-electron chi connectivity index (χ2n) is 32.8. The highest BCUT2D eigenvalue weighted by Crippen LogP contribution is 2.49. The largest absolute Gasteiger partial charge is 0.462 e. The maximum Gasteiger partial charge on any atom is 0.343 e. The van der Waals surface area contributed by atoms with Crippen molar-refractivity contribution in [1.82, 2.24) is 14.7 Å². The Balaban J connectivity index is 0.000000342. The van der Waals surface area contributed by atoms with E-state index in [0.29, 0.717) is 119 Å². The van der Waals surface area contributed by atoms with Gasteiger partial charge < -0.3 is 63.0 Å². The van der Waals surface area contributed by atoms with Crippen molar-refractivity contribution in [3.8, 4) is 0 Å². The number of aliphatic hydroxyl groups is 4. The smallest absolute Gasteiger partial charge is 0.343 e. The van der Waals surface area contributed by atoms with E-state index in [1.807, 2.05) is 78.8 Å². The molecule has 3 aliphatic carbocycles. The monoisotopic (exact) mass is 1590 g/mol. The Kier molecular flexibility index (Phi) is 38.2. The molecule has 0 aromatic rings. The number of aliphatic hydroxyl groups excluding tert-OH is 3. The van der Waals surface area contributed by atoms with Gasteiger partial charge in [-0.15, -0.1) is 23.2 Å². The number of esters is 3. The van der Waals surface area contributed by atoms with E-state index in [1.165, 1.54) is 17.6 Å². The van der Waals surface area contributed by atoms with Crippen LogP contribution < -0.4 is 5.09 Å². The molecule has 4 saturated heterocycles. The van der Waals surface area contributed by atoms with E-state index in [2.05, 4.69) is 37.2 Å². The number of alkyl halides is 2. The van der Waals surface area contributed by atoms with E-state index in [-0.39, 0.29) is 91.3 Å². The molecule has 2 bridgehead atoms. The third-order valence-corrected chi connectivity index (χ3v) is 26.4. The number of nitrogens with one attached hydrogen (secondary N) is 1. The van der Waals surface area contributed by atoms with Crippen LogP contribution in [0.3, 0.4) is 0 Å². The van der Waals surface area contributed by atoms with Gasteiger partial charge in [0.25, 0.3) is 11.7 Å². The molecule has 8 aliphatic rings. The van der Waals surface area contributed by atoms with E-state index >= 15 is 0 Å². The summed E-state index contributed by atoms with van der Waals surface area (Å²) >= 11 is 11.2. The molecule has 0 spiro atoms. The van der Waals surface area contributed by atoms with Gasteiger partial charge in [-0.25, -0.2) is 14.6 Å². The first kappa shape index (κ1) is 93.6. The van der Waals surface area contributed by atoms with Crippen LogP contribution in [0, 0.1) is 64.6 Å². The molecule has 109 heavy (non-hydrogen) atoms. The Morgan fingerprint density at radius 3 is 2.16 bits per heavy atom. The summed E-state index contributed by atoms with van der Waals surface area (Å²) in [6, 6.07) is -1.14. The van der Waals surface area contributed by atoms with Crippen molar-refractivity contribution >= 4 is 72.0 Å². The summed E-state index contributed by atoms with van der Waals surface area (Å²) in [5.74, 6) is -6.34. The van der Waals surface area contributed by atoms with Crippen LogP contribution in [0.2, 0.25) is 0 Å². The summed E-state index contributed by atoms with van der Waals surface area (Å²) in [4.78, 5) is 96.3. The van der Waals surface area contributed by atoms with E-state index in [4.69, 9.17) is 60.9 Å². The highest BCUT2D eigenvalue weighted by Gasteiger charge is 2.54. The number of hydrogen-bond acceptors (Lipinski definition) is 20. The molecule has 23 atom stereocenters. The topological polar surface area (TPSA) is 310 Å². The van der Waals surface area contributed by atoms with E-state index in [1.54, 1.807) is 45.7 Å². The number of hydrogen-bond donors (Lipinski definition) is 5. The van der Waals surface area contributed by atoms with Crippen molar-refractivity contribution in [2.45, 2.75) is 278 Å². The first-order valence-electron chi connectivity index (χ1n) is 40.1. The zero-order valence-electron chi connectivity index (χ0n) is 67.6. The van der Waals surface area contributed by atoms with Crippen molar-refractivity contribution < 1.29 is 96.2 Å². The average molecular weight is 1590 g/mol. The van der Waals surface area contributed by atoms with Crippen LogP contribution in [0.1, 0.15) is 205 Å². The number of halogens is 2. The number of ether oxygens (including phenoxy) is 7. The molecule has 5 aliphatic heterocycles. The van der Waals surface area contributed by atoms with E-state index < -0.39 is 103 Å². The lowest BCUT2D eigenvalue weighted by Crippen LogP contribution is -2.61. The fourth-order valence-corrected chi connectivity index (χ4v) is 19.1. The number of piperidine rings is 1. The summed E-state index contributed by atoms with van der Waals surface area (Å²) < 4.78 is 60.2. The fourth-order valence-electron chi connectivity index (χ4n) is 16.5. The lowest BCUT2D eigenvalue weighted by molar-refractivity contribution is -0.265. The van der Waals surface area contributed by atoms with Gasteiger partial charge in [0, 0.05) is 102 Å². The Bertz CT molecular complexity index is 3220. The predicted molar refractivity (Wildman–Crippen MR) is 420 cm³/mol. The summed E-state index contributed by atoms with van der Waals surface area (Å²) in [6.07, 6.45) is 21.7. The van der Waals surface area contributed by atoms with Gasteiger partial charge in [-0.2, -0.15) is 0 Å². The van der Waals surface area contributed by atoms with Gasteiger partial charge in [-0.3, -0.25) is 33.3 Å². The van der Waals surface area contributed by atoms with Gasteiger partial charge in [-0.05, 0) is 176 Å². The number of cyclic esters (lactones) is 2. The van der Waals surface area contributed by atoms with Crippen molar-refractivity contribution in [3.05, 3.63) is 71.4 Å². The molecular weight excluding hydrogens is 1460 g/mol. The number of carbonyl (C=O) groups excluding carboxylic acids is 7. The van der Waals surface area contributed by atoms with E-state index in [9.17, 15) is 58.6 Å². The van der Waals surface area contributed by atoms with Crippen molar-refractivity contribution in [2.24, 2.45) is 64.6 Å². The highest BCUT2D eigenvalue weighted by atomic mass is 35.5. The number of fused-ring (bicyclic) bond motifs is 4. The molecule has 5 fully saturated rings. The molecule has 8 rings (SSSR count). The number of amides is 1. The lowest BCUT2D eigenvalue weighted by atomic mass is 9.65. The second-order valence-corrected chi connectivity index (χ2v) is 35.7. The molecule has 1 unspecified atom stereocenters. The third-order valence-electron chi connectivity index (χ3n) is 23.8. The molecule has 618 valence electrons. The first-order chi connectivity index (χ1) is 51.6. The van der Waals surface area contributed by atoms with Gasteiger partial charge >= 0.3 is 25.6 Å². The van der Waals surface area contributed by atoms with Crippen LogP contribution in [0.4, 0.5) is 0 Å². The maximum absolute atomic E-state index is 14.4. The molecule has 5 N–H and O–H groups in total. The summed E-state index contributed by atoms with van der Waals surface area (Å²) in [6.45, 7) is 25.4. The quantitative estimate of drug-likeness (QED) is 0.0226. The molecule has 0 radical (unpaired) electrons. The van der Waals surface area contributed by atoms with Crippen LogP contribution >= 0.6 is 30.9 Å². The average Bonchev–Trinajstić information content (AvgIpc) is 0.840. The van der Waals surface area contributed by atoms with Crippen LogP contribution in [0.5, 0.6) is 0 Å². The van der Waals surface area contributed by atoms with E-state index in [0.717, 1.165) is 50.6 Å². The third kappa shape index (κ3) is 26.6. The number of nitrogens with zero attached hydrogens (tertiary/aromatic N) is 2. The number of ketones is 3. The maximum atomic E-state index is 14.4. The summed E-state index contributed by atoms with van der Waals surface area (Å²) in [5, 5.41) is 46.7. The molecular formula is C83H132Cl2N3O20P. The highest BCUT2D eigenvalue weighted by molar-refractivity contribution is 7.54. The van der Waals surface area contributed by atoms with Gasteiger partial charge in [-0.1, -0.05) is 110 Å². The zero-order chi connectivity index (χ0) is 80.7. The fraction of sp³-hybridized carbons (Fsp3) is 0.771. The normalized spacial score (nSPS) is 37.8. The van der Waals surface area contributed by atoms with Crippen LogP contribution in [0.15, 0.2) is 71.4 Å². The zero-order valence-corrected chi connectivity index (χ0v) is 70.0. The second kappa shape index (κ2) is 44.5. The van der Waals surface area contributed by atoms with Gasteiger partial charge in [0.2, 0.25) is 5.79 Å². The summed E-state index contributed by atoms with van der Waals surface area (Å²) in [7, 11) is 1.68. The van der Waals surface area contributed by atoms with Crippen molar-refractivity contribution in [3.63, 3.8) is 0 Å². The van der Waals surface area contributed by atoms with Crippen LogP contribution in [0.25, 0.3) is 0 Å². The minimum absolute atomic E-state index is 0.0193. The molecule has 1 saturated carbocycles. The molecule has 0 aromatic heterocycles. The predicted octanol–water partition coefficient (Wildman–Crippen LogP) is 12.7. The minimum atomic E-state index is -2.84. The van der Waals surface area contributed by atoms with Crippen LogP contribution in [-0.2, 0) is 75.8 Å². The molecule has 1 amide bonds. The number of Topliss-reactive ketones (excluding diaryl/α,β-unsaturated/α-hetero) is 3. The minimum Gasteiger partial charge on any atom is -0.462 e. The standard InChI is InChI=1S/C51H79NO13.C25H38O5.C7H15Cl2N2O2P/c1-30-16-12-11-13-17-31(2)42(61-8)28-38-21-19-36(7)51(60,65-38)48(57)49(58)52-23-15-14-18-39(52)50(59)64-43(33(4)26-37-20-22-40(53)44(27-37)62-9)29-41(54)32(3)25-35(6)46(56)47(63-10)45(55)34(5)24-30;1-6-25(4,5)24(28)30-21-12-15(2)11-17-8-7-16(3)20(23(17)21)10-9-19-13-18(26)14-22(27)29-19;8-2-5-11(6-3-9)14(12)10-4-1-7-13-14/h11-13,16-17,25,30,32-34,36-40,42-44,46-47,53,56,60H,14-15,18-24,26-29H2,1-10H3;7-8,11,15-16,18-21,23,26H,6,9-10,12-14H2,1-5H3;1-7H2,(H,10,12)/b13-11+,16-12+,31-17+,35-25+;;/t30-,32-,33-,34-,36-,37+,38+,39+,40-,42+,43+,44-,46-,47+,51-;15-,16-,18+,19+,20-,21-,23-;/m10./s1. The number of carbonyl (C=O) groups is 7. The Hall–Kier alpha value is -4.30. The molecule has 5 heterocycles. The first-order valence-corrected chi connectivity index (χ1v) is 42.8. The van der Waals surface area contributed by atoms with Crippen molar-refractivity contribution in [2.75, 3.05) is 65.9 Å². The Morgan fingerprint density at radius 1 is 0.798 bits per heavy atom. The lowest BCUT2D eigenvalue weighted by Gasteiger charge is -2.44.